The lowest BCUT2D eigenvalue weighted by atomic mass is 10.00. The van der Waals surface area contributed by atoms with E-state index in [-0.39, 0.29) is 0 Å². The first-order valence-electron chi connectivity index (χ1n) is 4.69. The summed E-state index contributed by atoms with van der Waals surface area (Å²) in [5.41, 5.74) is 10.4. The standard InChI is InChI=1S/C11H15N/c1-2-8-4-3-5-9-6-7-10(12)11(8)9/h3-5,10H,2,6-7,12H2,1H3/t10-/m1/s1. The number of hydrogen-bond donors (Lipinski definition) is 1. The largest absolute Gasteiger partial charge is 0.324 e. The van der Waals surface area contributed by atoms with Gasteiger partial charge < -0.3 is 5.73 Å². The van der Waals surface area contributed by atoms with Gasteiger partial charge in [0.05, 0.1) is 0 Å². The molecule has 0 radical (unpaired) electrons. The zero-order chi connectivity index (χ0) is 8.55. The van der Waals surface area contributed by atoms with E-state index in [1.807, 2.05) is 0 Å². The molecule has 0 aliphatic heterocycles. The molecule has 12 heavy (non-hydrogen) atoms. The fourth-order valence-electron chi connectivity index (χ4n) is 2.12. The molecule has 1 aromatic rings. The fourth-order valence-corrected chi connectivity index (χ4v) is 2.12. The van der Waals surface area contributed by atoms with Crippen LogP contribution in [0.5, 0.6) is 0 Å². The van der Waals surface area contributed by atoms with Crippen LogP contribution < -0.4 is 5.73 Å². The molecule has 0 fully saturated rings. The van der Waals surface area contributed by atoms with Gasteiger partial charge in [-0.3, -0.25) is 0 Å². The van der Waals surface area contributed by atoms with Gasteiger partial charge in [0.2, 0.25) is 0 Å². The van der Waals surface area contributed by atoms with E-state index in [0.29, 0.717) is 6.04 Å². The minimum absolute atomic E-state index is 0.302. The van der Waals surface area contributed by atoms with Gasteiger partial charge in [-0.25, -0.2) is 0 Å². The van der Waals surface area contributed by atoms with Gasteiger partial charge in [-0.05, 0) is 36.0 Å². The van der Waals surface area contributed by atoms with E-state index in [9.17, 15) is 0 Å². The van der Waals surface area contributed by atoms with Crippen molar-refractivity contribution in [2.75, 3.05) is 0 Å². The summed E-state index contributed by atoms with van der Waals surface area (Å²) in [6, 6.07) is 6.86. The van der Waals surface area contributed by atoms with Gasteiger partial charge in [0.25, 0.3) is 0 Å². The Balaban J connectivity index is 2.53. The molecular weight excluding hydrogens is 146 g/mol. The van der Waals surface area contributed by atoms with E-state index < -0.39 is 0 Å². The topological polar surface area (TPSA) is 26.0 Å². The Morgan fingerprint density at radius 3 is 3.08 bits per heavy atom. The van der Waals surface area contributed by atoms with Crippen LogP contribution in [0, 0.1) is 0 Å². The minimum Gasteiger partial charge on any atom is -0.324 e. The quantitative estimate of drug-likeness (QED) is 0.671. The van der Waals surface area contributed by atoms with Gasteiger partial charge in [0.15, 0.2) is 0 Å². The maximum Gasteiger partial charge on any atom is 0.0303 e. The Labute approximate surface area is 73.6 Å². The van der Waals surface area contributed by atoms with Crippen molar-refractivity contribution in [3.63, 3.8) is 0 Å². The van der Waals surface area contributed by atoms with Crippen molar-refractivity contribution in [2.45, 2.75) is 32.2 Å². The Bertz CT molecular complexity index is 291. The van der Waals surface area contributed by atoms with E-state index in [2.05, 4.69) is 25.1 Å². The first-order chi connectivity index (χ1) is 5.83. The van der Waals surface area contributed by atoms with Crippen LogP contribution in [-0.4, -0.2) is 0 Å². The van der Waals surface area contributed by atoms with Crippen molar-refractivity contribution in [3.8, 4) is 0 Å². The smallest absolute Gasteiger partial charge is 0.0303 e. The number of fused-ring (bicyclic) bond motifs is 1. The molecule has 2 rings (SSSR count). The van der Waals surface area contributed by atoms with Gasteiger partial charge in [0.1, 0.15) is 0 Å². The molecule has 0 heterocycles. The minimum atomic E-state index is 0.302. The molecule has 1 nitrogen and oxygen atoms in total. The van der Waals surface area contributed by atoms with E-state index in [1.54, 1.807) is 0 Å². The molecule has 1 heteroatoms. The monoisotopic (exact) mass is 161 g/mol. The Morgan fingerprint density at radius 1 is 1.50 bits per heavy atom. The third kappa shape index (κ3) is 1.05. The Hall–Kier alpha value is -0.820. The van der Waals surface area contributed by atoms with Crippen molar-refractivity contribution in [3.05, 3.63) is 34.9 Å². The Morgan fingerprint density at radius 2 is 2.33 bits per heavy atom. The van der Waals surface area contributed by atoms with Crippen LogP contribution in [0.1, 0.15) is 36.1 Å². The molecule has 1 aliphatic rings. The van der Waals surface area contributed by atoms with Gasteiger partial charge in [-0.2, -0.15) is 0 Å². The maximum atomic E-state index is 6.02. The highest BCUT2D eigenvalue weighted by Gasteiger charge is 2.20. The van der Waals surface area contributed by atoms with E-state index >= 15 is 0 Å². The van der Waals surface area contributed by atoms with Gasteiger partial charge >= 0.3 is 0 Å². The molecule has 0 aromatic heterocycles. The van der Waals surface area contributed by atoms with Crippen molar-refractivity contribution in [1.82, 2.24) is 0 Å². The summed E-state index contributed by atoms with van der Waals surface area (Å²) in [7, 11) is 0. The van der Waals surface area contributed by atoms with Crippen molar-refractivity contribution < 1.29 is 0 Å². The number of benzene rings is 1. The van der Waals surface area contributed by atoms with Crippen LogP contribution in [0.4, 0.5) is 0 Å². The molecule has 0 amide bonds. The molecule has 1 atom stereocenters. The first kappa shape index (κ1) is 7.81. The lowest BCUT2D eigenvalue weighted by Crippen LogP contribution is -2.07. The summed E-state index contributed by atoms with van der Waals surface area (Å²) in [6.45, 7) is 2.20. The molecular formula is C11H15N. The Kier molecular flexibility index (Phi) is 1.89. The summed E-state index contributed by atoms with van der Waals surface area (Å²) in [6.07, 6.45) is 3.41. The molecule has 1 aliphatic carbocycles. The second kappa shape index (κ2) is 2.91. The molecule has 1 aromatic carbocycles. The zero-order valence-corrected chi connectivity index (χ0v) is 7.51. The van der Waals surface area contributed by atoms with E-state index in [0.717, 1.165) is 12.8 Å². The van der Waals surface area contributed by atoms with Gasteiger partial charge in [0, 0.05) is 6.04 Å². The van der Waals surface area contributed by atoms with Crippen LogP contribution in [0.25, 0.3) is 0 Å². The predicted octanol–water partition coefficient (Wildman–Crippen LogP) is 2.20. The highest BCUT2D eigenvalue weighted by molar-refractivity contribution is 5.40. The number of aryl methyl sites for hydroxylation is 2. The third-order valence-corrected chi connectivity index (χ3v) is 2.76. The second-order valence-electron chi connectivity index (χ2n) is 3.49. The van der Waals surface area contributed by atoms with Crippen molar-refractivity contribution in [1.29, 1.82) is 0 Å². The van der Waals surface area contributed by atoms with Crippen molar-refractivity contribution >= 4 is 0 Å². The average Bonchev–Trinajstić information content (AvgIpc) is 2.48. The van der Waals surface area contributed by atoms with Crippen LogP contribution in [-0.2, 0) is 12.8 Å². The highest BCUT2D eigenvalue weighted by Crippen LogP contribution is 2.31. The van der Waals surface area contributed by atoms with E-state index in [4.69, 9.17) is 5.73 Å². The molecule has 0 spiro atoms. The third-order valence-electron chi connectivity index (χ3n) is 2.76. The molecule has 2 N–H and O–H groups in total. The van der Waals surface area contributed by atoms with Crippen LogP contribution >= 0.6 is 0 Å². The predicted molar refractivity (Wildman–Crippen MR) is 51.1 cm³/mol. The summed E-state index contributed by atoms with van der Waals surface area (Å²) < 4.78 is 0. The second-order valence-corrected chi connectivity index (χ2v) is 3.49. The maximum absolute atomic E-state index is 6.02. The van der Waals surface area contributed by atoms with Crippen LogP contribution in [0.3, 0.4) is 0 Å². The molecule has 0 saturated carbocycles. The number of hydrogen-bond acceptors (Lipinski definition) is 1. The lowest BCUT2D eigenvalue weighted by Gasteiger charge is -2.09. The summed E-state index contributed by atoms with van der Waals surface area (Å²) in [5.74, 6) is 0. The SMILES string of the molecule is CCc1cccc2c1[C@H](N)CC2. The van der Waals surface area contributed by atoms with Gasteiger partial charge in [-0.15, -0.1) is 0 Å². The number of nitrogens with two attached hydrogens (primary N) is 1. The molecule has 0 unspecified atom stereocenters. The van der Waals surface area contributed by atoms with Gasteiger partial charge in [-0.1, -0.05) is 25.1 Å². The molecule has 0 bridgehead atoms. The summed E-state index contributed by atoms with van der Waals surface area (Å²) in [4.78, 5) is 0. The van der Waals surface area contributed by atoms with Crippen LogP contribution in [0.15, 0.2) is 18.2 Å². The van der Waals surface area contributed by atoms with E-state index in [1.165, 1.54) is 23.1 Å². The fraction of sp³-hybridized carbons (Fsp3) is 0.455. The van der Waals surface area contributed by atoms with Crippen molar-refractivity contribution in [2.24, 2.45) is 5.73 Å². The van der Waals surface area contributed by atoms with Crippen LogP contribution in [0.2, 0.25) is 0 Å². The highest BCUT2D eigenvalue weighted by atomic mass is 14.6. The molecule has 64 valence electrons. The molecule has 0 saturated heterocycles. The zero-order valence-electron chi connectivity index (χ0n) is 7.51. The normalized spacial score (nSPS) is 21.0. The summed E-state index contributed by atoms with van der Waals surface area (Å²) >= 11 is 0. The number of rotatable bonds is 1. The summed E-state index contributed by atoms with van der Waals surface area (Å²) in [5, 5.41) is 0. The first-order valence-corrected chi connectivity index (χ1v) is 4.69. The lowest BCUT2D eigenvalue weighted by molar-refractivity contribution is 0.707. The average molecular weight is 161 g/mol.